The molecule has 3 rings (SSSR count). The molecule has 1 aromatic carbocycles. The van der Waals surface area contributed by atoms with Crippen molar-refractivity contribution >= 4 is 28.8 Å². The van der Waals surface area contributed by atoms with E-state index in [2.05, 4.69) is 4.98 Å². The first-order valence-corrected chi connectivity index (χ1v) is 8.84. The molecule has 23 heavy (non-hydrogen) atoms. The van der Waals surface area contributed by atoms with E-state index in [4.69, 9.17) is 11.6 Å². The zero-order chi connectivity index (χ0) is 16.4. The molecule has 2 heterocycles. The molecule has 0 bridgehead atoms. The second kappa shape index (κ2) is 6.59. The maximum absolute atomic E-state index is 12.4. The minimum Gasteiger partial charge on any atom is -0.396 e. The van der Waals surface area contributed by atoms with Crippen molar-refractivity contribution in [3.8, 4) is 10.6 Å². The molecule has 122 valence electrons. The third-order valence-electron chi connectivity index (χ3n) is 4.28. The number of aliphatic hydroxyl groups excluding tert-OH is 1. The van der Waals surface area contributed by atoms with Crippen LogP contribution in [0.2, 0.25) is 5.02 Å². The van der Waals surface area contributed by atoms with Gasteiger partial charge in [0.1, 0.15) is 5.01 Å². The van der Waals surface area contributed by atoms with Crippen molar-refractivity contribution in [3.05, 3.63) is 40.4 Å². The van der Waals surface area contributed by atoms with Gasteiger partial charge in [0, 0.05) is 29.4 Å². The number of thiazole rings is 1. The molecule has 1 aliphatic heterocycles. The van der Waals surface area contributed by atoms with Gasteiger partial charge in [-0.05, 0) is 12.5 Å². The van der Waals surface area contributed by atoms with Crippen molar-refractivity contribution in [3.63, 3.8) is 0 Å². The summed E-state index contributed by atoms with van der Waals surface area (Å²) in [6.07, 6.45) is 1.14. The van der Waals surface area contributed by atoms with E-state index in [1.54, 1.807) is 0 Å². The molecule has 0 radical (unpaired) electrons. The molecule has 1 fully saturated rings. The van der Waals surface area contributed by atoms with E-state index in [-0.39, 0.29) is 17.9 Å². The molecule has 0 saturated carbocycles. The molecular weight excluding hydrogens is 332 g/mol. The molecule has 1 unspecified atom stereocenters. The Labute approximate surface area is 144 Å². The van der Waals surface area contributed by atoms with Gasteiger partial charge in [-0.15, -0.1) is 11.3 Å². The number of carbonyl (C=O) groups is 1. The number of aromatic nitrogens is 1. The van der Waals surface area contributed by atoms with Crippen LogP contribution < -0.4 is 0 Å². The molecule has 6 heteroatoms. The summed E-state index contributed by atoms with van der Waals surface area (Å²) in [5.74, 6) is 0.0678. The van der Waals surface area contributed by atoms with Gasteiger partial charge in [-0.2, -0.15) is 0 Å². The minimum absolute atomic E-state index is 0.0678. The van der Waals surface area contributed by atoms with E-state index in [1.165, 1.54) is 11.3 Å². The Bertz CT molecular complexity index is 718. The number of aliphatic hydroxyl groups is 1. The van der Waals surface area contributed by atoms with Gasteiger partial charge >= 0.3 is 0 Å². The predicted octanol–water partition coefficient (Wildman–Crippen LogP) is 3.24. The molecule has 1 N–H and O–H groups in total. The summed E-state index contributed by atoms with van der Waals surface area (Å²) in [6, 6.07) is 7.58. The van der Waals surface area contributed by atoms with Crippen LogP contribution in [0.4, 0.5) is 0 Å². The summed E-state index contributed by atoms with van der Waals surface area (Å²) in [5.41, 5.74) is 1.50. The molecule has 1 aromatic heterocycles. The fraction of sp³-hybridized carbons (Fsp3) is 0.412. The number of halogens is 1. The first kappa shape index (κ1) is 16.4. The summed E-state index contributed by atoms with van der Waals surface area (Å²) in [6.45, 7) is 3.45. The van der Waals surface area contributed by atoms with Crippen LogP contribution in [-0.4, -0.2) is 40.6 Å². The van der Waals surface area contributed by atoms with Crippen LogP contribution in [0, 0.1) is 5.41 Å². The summed E-state index contributed by atoms with van der Waals surface area (Å²) < 4.78 is 0. The molecule has 4 nitrogen and oxygen atoms in total. The molecule has 0 spiro atoms. The number of likely N-dealkylation sites (tertiary alicyclic amines) is 1. The Morgan fingerprint density at radius 1 is 1.48 bits per heavy atom. The number of hydrogen-bond donors (Lipinski definition) is 1. The molecule has 2 aromatic rings. The first-order valence-electron chi connectivity index (χ1n) is 7.59. The highest BCUT2D eigenvalue weighted by Crippen LogP contribution is 2.31. The van der Waals surface area contributed by atoms with Gasteiger partial charge < -0.3 is 10.0 Å². The number of hydrogen-bond acceptors (Lipinski definition) is 4. The van der Waals surface area contributed by atoms with E-state index >= 15 is 0 Å². The lowest BCUT2D eigenvalue weighted by atomic mass is 9.91. The van der Waals surface area contributed by atoms with Crippen molar-refractivity contribution < 1.29 is 9.90 Å². The molecular formula is C17H19ClN2O2S. The van der Waals surface area contributed by atoms with Gasteiger partial charge in [0.05, 0.1) is 23.7 Å². The average molecular weight is 351 g/mol. The lowest BCUT2D eigenvalue weighted by molar-refractivity contribution is -0.129. The zero-order valence-corrected chi connectivity index (χ0v) is 14.5. The van der Waals surface area contributed by atoms with Gasteiger partial charge in [-0.1, -0.05) is 36.7 Å². The fourth-order valence-electron chi connectivity index (χ4n) is 2.78. The Morgan fingerprint density at radius 2 is 2.26 bits per heavy atom. The standard InChI is InChI=1S/C17H19ClN2O2S/c1-17(11-21)6-7-20(10-17)15(22)8-12-9-23-16(19-12)13-4-2-3-5-14(13)18/h2-5,9,21H,6-8,10-11H2,1H3. The number of rotatable bonds is 4. The Kier molecular flexibility index (Phi) is 4.71. The summed E-state index contributed by atoms with van der Waals surface area (Å²) >= 11 is 7.69. The van der Waals surface area contributed by atoms with Crippen LogP contribution in [-0.2, 0) is 11.2 Å². The van der Waals surface area contributed by atoms with Gasteiger partial charge in [0.2, 0.25) is 5.91 Å². The van der Waals surface area contributed by atoms with Gasteiger partial charge in [0.25, 0.3) is 0 Å². The first-order chi connectivity index (χ1) is 11.0. The summed E-state index contributed by atoms with van der Waals surface area (Å²) in [5, 5.41) is 12.8. The van der Waals surface area contributed by atoms with Gasteiger partial charge in [-0.25, -0.2) is 4.98 Å². The average Bonchev–Trinajstić information content (AvgIpc) is 3.15. The van der Waals surface area contributed by atoms with E-state index in [0.29, 0.717) is 24.5 Å². The van der Waals surface area contributed by atoms with Crippen molar-refractivity contribution in [1.82, 2.24) is 9.88 Å². The third-order valence-corrected chi connectivity index (χ3v) is 5.53. The van der Waals surface area contributed by atoms with Crippen molar-refractivity contribution in [1.29, 1.82) is 0 Å². The van der Waals surface area contributed by atoms with E-state index in [0.717, 1.165) is 22.7 Å². The van der Waals surface area contributed by atoms with Crippen LogP contribution >= 0.6 is 22.9 Å². The fourth-order valence-corrected chi connectivity index (χ4v) is 3.92. The highest BCUT2D eigenvalue weighted by Gasteiger charge is 2.35. The molecule has 1 amide bonds. The number of benzene rings is 1. The Balaban J connectivity index is 1.68. The van der Waals surface area contributed by atoms with Crippen LogP contribution in [0.15, 0.2) is 29.6 Å². The Hall–Kier alpha value is -1.43. The van der Waals surface area contributed by atoms with E-state index in [9.17, 15) is 9.90 Å². The Morgan fingerprint density at radius 3 is 2.96 bits per heavy atom. The maximum atomic E-state index is 12.4. The maximum Gasteiger partial charge on any atom is 0.228 e. The number of nitrogens with zero attached hydrogens (tertiary/aromatic N) is 2. The normalized spacial score (nSPS) is 20.9. The lowest BCUT2D eigenvalue weighted by Gasteiger charge is -2.21. The van der Waals surface area contributed by atoms with E-state index in [1.807, 2.05) is 41.5 Å². The minimum atomic E-state index is -0.166. The molecule has 1 aliphatic rings. The van der Waals surface area contributed by atoms with Crippen LogP contribution in [0.3, 0.4) is 0 Å². The van der Waals surface area contributed by atoms with Gasteiger partial charge in [-0.3, -0.25) is 4.79 Å². The van der Waals surface area contributed by atoms with Crippen LogP contribution in [0.1, 0.15) is 19.0 Å². The highest BCUT2D eigenvalue weighted by atomic mass is 35.5. The monoisotopic (exact) mass is 350 g/mol. The van der Waals surface area contributed by atoms with Crippen LogP contribution in [0.5, 0.6) is 0 Å². The topological polar surface area (TPSA) is 53.4 Å². The molecule has 1 atom stereocenters. The second-order valence-corrected chi connectivity index (χ2v) is 7.60. The van der Waals surface area contributed by atoms with Crippen LogP contribution in [0.25, 0.3) is 10.6 Å². The molecule has 0 aliphatic carbocycles. The van der Waals surface area contributed by atoms with Crippen molar-refractivity contribution in [2.24, 2.45) is 5.41 Å². The van der Waals surface area contributed by atoms with Crippen molar-refractivity contribution in [2.75, 3.05) is 19.7 Å². The lowest BCUT2D eigenvalue weighted by Crippen LogP contribution is -2.33. The van der Waals surface area contributed by atoms with Gasteiger partial charge in [0.15, 0.2) is 0 Å². The van der Waals surface area contributed by atoms with Crippen molar-refractivity contribution in [2.45, 2.75) is 19.8 Å². The third kappa shape index (κ3) is 3.57. The largest absolute Gasteiger partial charge is 0.396 e. The zero-order valence-electron chi connectivity index (χ0n) is 13.0. The smallest absolute Gasteiger partial charge is 0.228 e. The predicted molar refractivity (Wildman–Crippen MR) is 92.7 cm³/mol. The molecule has 1 saturated heterocycles. The summed E-state index contributed by atoms with van der Waals surface area (Å²) in [4.78, 5) is 18.8. The van der Waals surface area contributed by atoms with E-state index < -0.39 is 0 Å². The quantitative estimate of drug-likeness (QED) is 0.921. The SMILES string of the molecule is CC1(CO)CCN(C(=O)Cc2csc(-c3ccccc3Cl)n2)C1. The highest BCUT2D eigenvalue weighted by molar-refractivity contribution is 7.13. The second-order valence-electron chi connectivity index (χ2n) is 6.33. The number of amides is 1. The summed E-state index contributed by atoms with van der Waals surface area (Å²) in [7, 11) is 0. The number of carbonyl (C=O) groups excluding carboxylic acids is 1.